The minimum absolute atomic E-state index is 0.951. The SMILES string of the molecule is c1ccc2c(NCCCCNc3ccnc4ccccc34)ccnc2c1. The first kappa shape index (κ1) is 16.3. The number of nitrogens with zero attached hydrogens (tertiary/aromatic N) is 2. The lowest BCUT2D eigenvalue weighted by Gasteiger charge is -2.11. The van der Waals surface area contributed by atoms with E-state index in [-0.39, 0.29) is 0 Å². The van der Waals surface area contributed by atoms with Crippen molar-refractivity contribution in [1.82, 2.24) is 9.97 Å². The van der Waals surface area contributed by atoms with Gasteiger partial charge in [0.15, 0.2) is 0 Å². The standard InChI is InChI=1S/C22H22N4/c1-3-9-19-17(7-1)21(11-15-25-19)23-13-5-6-14-24-22-12-16-26-20-10-4-2-8-18(20)22/h1-4,7-12,15-16H,5-6,13-14H2,(H,23,25)(H,24,26). The third-order valence-corrected chi connectivity index (χ3v) is 4.53. The number of hydrogen-bond acceptors (Lipinski definition) is 4. The molecule has 0 amide bonds. The van der Waals surface area contributed by atoms with Gasteiger partial charge in [0.25, 0.3) is 0 Å². The summed E-state index contributed by atoms with van der Waals surface area (Å²) < 4.78 is 0. The summed E-state index contributed by atoms with van der Waals surface area (Å²) in [6.07, 6.45) is 5.93. The number of rotatable bonds is 7. The predicted octanol–water partition coefficient (Wildman–Crippen LogP) is 5.09. The molecule has 2 N–H and O–H groups in total. The van der Waals surface area contributed by atoms with Crippen molar-refractivity contribution in [2.24, 2.45) is 0 Å². The zero-order valence-electron chi connectivity index (χ0n) is 14.7. The fraction of sp³-hybridized carbons (Fsp3) is 0.182. The van der Waals surface area contributed by atoms with E-state index in [9.17, 15) is 0 Å². The van der Waals surface area contributed by atoms with Crippen molar-refractivity contribution in [3.8, 4) is 0 Å². The highest BCUT2D eigenvalue weighted by Gasteiger charge is 2.01. The quantitative estimate of drug-likeness (QED) is 0.459. The van der Waals surface area contributed by atoms with Gasteiger partial charge in [0.05, 0.1) is 11.0 Å². The highest BCUT2D eigenvalue weighted by atomic mass is 14.9. The molecule has 0 aliphatic rings. The predicted molar refractivity (Wildman–Crippen MR) is 110 cm³/mol. The second kappa shape index (κ2) is 7.83. The number of benzene rings is 2. The molecule has 26 heavy (non-hydrogen) atoms. The lowest BCUT2D eigenvalue weighted by Crippen LogP contribution is -2.07. The van der Waals surface area contributed by atoms with Gasteiger partial charge in [-0.2, -0.15) is 0 Å². The van der Waals surface area contributed by atoms with E-state index >= 15 is 0 Å². The molecule has 0 atom stereocenters. The van der Waals surface area contributed by atoms with Crippen LogP contribution in [-0.2, 0) is 0 Å². The molecule has 4 aromatic rings. The Morgan fingerprint density at radius 2 is 1.04 bits per heavy atom. The van der Waals surface area contributed by atoms with E-state index in [0.717, 1.165) is 48.3 Å². The number of anilines is 2. The molecular weight excluding hydrogens is 320 g/mol. The molecule has 2 heterocycles. The number of nitrogens with one attached hydrogen (secondary N) is 2. The third kappa shape index (κ3) is 3.59. The average molecular weight is 342 g/mol. The molecule has 2 aromatic carbocycles. The monoisotopic (exact) mass is 342 g/mol. The zero-order valence-corrected chi connectivity index (χ0v) is 14.7. The number of hydrogen-bond donors (Lipinski definition) is 2. The van der Waals surface area contributed by atoms with Crippen molar-refractivity contribution in [2.45, 2.75) is 12.8 Å². The summed E-state index contributed by atoms with van der Waals surface area (Å²) in [5, 5.41) is 9.43. The fourth-order valence-electron chi connectivity index (χ4n) is 3.20. The van der Waals surface area contributed by atoms with E-state index in [2.05, 4.69) is 44.9 Å². The van der Waals surface area contributed by atoms with Crippen molar-refractivity contribution in [1.29, 1.82) is 0 Å². The maximum Gasteiger partial charge on any atom is 0.0722 e. The molecule has 0 aliphatic heterocycles. The zero-order chi connectivity index (χ0) is 17.6. The Bertz CT molecular complexity index is 919. The smallest absolute Gasteiger partial charge is 0.0722 e. The summed E-state index contributed by atoms with van der Waals surface area (Å²) in [5.74, 6) is 0. The van der Waals surface area contributed by atoms with Gasteiger partial charge < -0.3 is 10.6 Å². The lowest BCUT2D eigenvalue weighted by atomic mass is 10.2. The van der Waals surface area contributed by atoms with Gasteiger partial charge in [-0.05, 0) is 37.1 Å². The molecule has 0 radical (unpaired) electrons. The van der Waals surface area contributed by atoms with Crippen molar-refractivity contribution < 1.29 is 0 Å². The summed E-state index contributed by atoms with van der Waals surface area (Å²) in [6, 6.07) is 20.6. The van der Waals surface area contributed by atoms with E-state index in [1.165, 1.54) is 10.8 Å². The molecule has 4 heteroatoms. The van der Waals surface area contributed by atoms with Crippen molar-refractivity contribution in [2.75, 3.05) is 23.7 Å². The van der Waals surface area contributed by atoms with Gasteiger partial charge in [0.1, 0.15) is 0 Å². The average Bonchev–Trinajstić information content (AvgIpc) is 2.71. The lowest BCUT2D eigenvalue weighted by molar-refractivity contribution is 0.796. The first-order valence-electron chi connectivity index (χ1n) is 9.07. The number of unbranched alkanes of at least 4 members (excludes halogenated alkanes) is 1. The van der Waals surface area contributed by atoms with E-state index in [1.807, 2.05) is 48.8 Å². The molecular formula is C22H22N4. The number of aromatic nitrogens is 2. The van der Waals surface area contributed by atoms with Crippen molar-refractivity contribution >= 4 is 33.2 Å². The van der Waals surface area contributed by atoms with Gasteiger partial charge in [-0.25, -0.2) is 0 Å². The Kier molecular flexibility index (Phi) is 4.92. The van der Waals surface area contributed by atoms with Crippen LogP contribution in [0.2, 0.25) is 0 Å². The fourth-order valence-corrected chi connectivity index (χ4v) is 3.20. The van der Waals surface area contributed by atoms with Gasteiger partial charge in [-0.3, -0.25) is 9.97 Å². The second-order valence-corrected chi connectivity index (χ2v) is 6.31. The molecule has 0 fully saturated rings. The van der Waals surface area contributed by atoms with E-state index in [4.69, 9.17) is 0 Å². The van der Waals surface area contributed by atoms with Gasteiger partial charge in [-0.1, -0.05) is 36.4 Å². The number of para-hydroxylation sites is 2. The van der Waals surface area contributed by atoms with E-state index in [1.54, 1.807) is 0 Å². The second-order valence-electron chi connectivity index (χ2n) is 6.31. The Labute approximate surface area is 153 Å². The Morgan fingerprint density at radius 1 is 0.577 bits per heavy atom. The summed E-state index contributed by atoms with van der Waals surface area (Å²) in [6.45, 7) is 1.90. The minimum Gasteiger partial charge on any atom is -0.384 e. The van der Waals surface area contributed by atoms with Gasteiger partial charge in [0, 0.05) is 47.6 Å². The summed E-state index contributed by atoms with van der Waals surface area (Å²) in [5.41, 5.74) is 4.37. The van der Waals surface area contributed by atoms with Crippen LogP contribution < -0.4 is 10.6 Å². The summed E-state index contributed by atoms with van der Waals surface area (Å²) >= 11 is 0. The third-order valence-electron chi connectivity index (χ3n) is 4.53. The van der Waals surface area contributed by atoms with Crippen LogP contribution in [0.4, 0.5) is 11.4 Å². The molecule has 4 nitrogen and oxygen atoms in total. The van der Waals surface area contributed by atoms with Crippen LogP contribution in [0.1, 0.15) is 12.8 Å². The van der Waals surface area contributed by atoms with Gasteiger partial charge in [0.2, 0.25) is 0 Å². The summed E-state index contributed by atoms with van der Waals surface area (Å²) in [7, 11) is 0. The van der Waals surface area contributed by atoms with Crippen LogP contribution in [-0.4, -0.2) is 23.1 Å². The largest absolute Gasteiger partial charge is 0.384 e. The van der Waals surface area contributed by atoms with Gasteiger partial charge in [-0.15, -0.1) is 0 Å². The molecule has 0 spiro atoms. The first-order valence-corrected chi connectivity index (χ1v) is 9.07. The molecule has 0 aliphatic carbocycles. The van der Waals surface area contributed by atoms with Crippen LogP contribution in [0.25, 0.3) is 21.8 Å². The molecule has 2 aromatic heterocycles. The normalized spacial score (nSPS) is 10.9. The molecule has 4 rings (SSSR count). The maximum atomic E-state index is 4.40. The van der Waals surface area contributed by atoms with Crippen LogP contribution in [0.3, 0.4) is 0 Å². The highest BCUT2D eigenvalue weighted by Crippen LogP contribution is 2.22. The molecule has 0 saturated carbocycles. The number of fused-ring (bicyclic) bond motifs is 2. The van der Waals surface area contributed by atoms with Crippen molar-refractivity contribution in [3.63, 3.8) is 0 Å². The maximum absolute atomic E-state index is 4.40. The van der Waals surface area contributed by atoms with E-state index in [0.29, 0.717) is 0 Å². The molecule has 130 valence electrons. The molecule has 0 unspecified atom stereocenters. The van der Waals surface area contributed by atoms with Crippen LogP contribution in [0.15, 0.2) is 73.1 Å². The summed E-state index contributed by atoms with van der Waals surface area (Å²) in [4.78, 5) is 8.81. The van der Waals surface area contributed by atoms with E-state index < -0.39 is 0 Å². The first-order chi connectivity index (χ1) is 12.9. The van der Waals surface area contributed by atoms with Crippen LogP contribution in [0.5, 0.6) is 0 Å². The number of pyridine rings is 2. The molecule has 0 saturated heterocycles. The Balaban J connectivity index is 1.28. The van der Waals surface area contributed by atoms with Crippen LogP contribution in [0, 0.1) is 0 Å². The minimum atomic E-state index is 0.951. The van der Waals surface area contributed by atoms with Crippen molar-refractivity contribution in [3.05, 3.63) is 73.1 Å². The van der Waals surface area contributed by atoms with Crippen LogP contribution >= 0.6 is 0 Å². The molecule has 0 bridgehead atoms. The van der Waals surface area contributed by atoms with Gasteiger partial charge >= 0.3 is 0 Å². The topological polar surface area (TPSA) is 49.8 Å². The highest BCUT2D eigenvalue weighted by molar-refractivity contribution is 5.91. The Morgan fingerprint density at radius 3 is 1.54 bits per heavy atom. The Hall–Kier alpha value is -3.14.